The summed E-state index contributed by atoms with van der Waals surface area (Å²) in [5, 5.41) is 3.00. The van der Waals surface area contributed by atoms with Crippen LogP contribution < -0.4 is 5.32 Å². The van der Waals surface area contributed by atoms with Gasteiger partial charge in [-0.15, -0.1) is 0 Å². The first-order valence-electron chi connectivity index (χ1n) is 9.27. The van der Waals surface area contributed by atoms with Crippen molar-refractivity contribution in [2.75, 3.05) is 52.5 Å². The van der Waals surface area contributed by atoms with Crippen molar-refractivity contribution < 1.29 is 18.7 Å². The molecule has 0 radical (unpaired) electrons. The van der Waals surface area contributed by atoms with E-state index in [4.69, 9.17) is 4.74 Å². The van der Waals surface area contributed by atoms with Gasteiger partial charge in [-0.1, -0.05) is 12.1 Å². The van der Waals surface area contributed by atoms with E-state index in [0.717, 1.165) is 32.8 Å². The summed E-state index contributed by atoms with van der Waals surface area (Å²) in [4.78, 5) is 28.6. The molecular formula is C19H26FN3O3. The van der Waals surface area contributed by atoms with E-state index in [0.29, 0.717) is 32.5 Å². The second kappa shape index (κ2) is 9.09. The number of amides is 2. The average Bonchev–Trinajstić information content (AvgIpc) is 2.69. The van der Waals surface area contributed by atoms with Gasteiger partial charge in [-0.2, -0.15) is 0 Å². The number of halogens is 1. The maximum atomic E-state index is 13.8. The van der Waals surface area contributed by atoms with Gasteiger partial charge in [0, 0.05) is 45.2 Å². The first-order chi connectivity index (χ1) is 12.6. The minimum Gasteiger partial charge on any atom is -0.379 e. The van der Waals surface area contributed by atoms with E-state index in [1.165, 1.54) is 12.1 Å². The van der Waals surface area contributed by atoms with Crippen molar-refractivity contribution in [3.63, 3.8) is 0 Å². The molecule has 2 amide bonds. The molecule has 0 spiro atoms. The second-order valence-electron chi connectivity index (χ2n) is 6.79. The van der Waals surface area contributed by atoms with Crippen LogP contribution in [0.1, 0.15) is 23.2 Å². The van der Waals surface area contributed by atoms with Crippen LogP contribution in [0.3, 0.4) is 0 Å². The SMILES string of the molecule is O=C(NCCN1CCOCC1)C1CCN(C(=O)c2ccccc2F)CC1. The number of carbonyl (C=O) groups is 2. The molecular weight excluding hydrogens is 337 g/mol. The highest BCUT2D eigenvalue weighted by atomic mass is 19.1. The van der Waals surface area contributed by atoms with Gasteiger partial charge in [-0.05, 0) is 25.0 Å². The predicted octanol–water partition coefficient (Wildman–Crippen LogP) is 1.13. The fourth-order valence-corrected chi connectivity index (χ4v) is 3.46. The highest BCUT2D eigenvalue weighted by molar-refractivity contribution is 5.94. The molecule has 0 unspecified atom stereocenters. The number of morpholine rings is 1. The Morgan fingerprint density at radius 3 is 2.50 bits per heavy atom. The zero-order valence-corrected chi connectivity index (χ0v) is 15.0. The van der Waals surface area contributed by atoms with E-state index in [-0.39, 0.29) is 23.3 Å². The summed E-state index contributed by atoms with van der Waals surface area (Å²) in [5.74, 6) is -0.824. The fraction of sp³-hybridized carbons (Fsp3) is 0.579. The minimum atomic E-state index is -0.500. The van der Waals surface area contributed by atoms with Gasteiger partial charge in [-0.25, -0.2) is 4.39 Å². The maximum Gasteiger partial charge on any atom is 0.256 e. The number of hydrogen-bond acceptors (Lipinski definition) is 4. The molecule has 2 saturated heterocycles. The first kappa shape index (κ1) is 18.8. The summed E-state index contributed by atoms with van der Waals surface area (Å²) in [5.41, 5.74) is 0.0981. The van der Waals surface area contributed by atoms with Gasteiger partial charge in [-0.3, -0.25) is 14.5 Å². The number of hydrogen-bond donors (Lipinski definition) is 1. The highest BCUT2D eigenvalue weighted by Gasteiger charge is 2.28. The van der Waals surface area contributed by atoms with Gasteiger partial charge in [0.15, 0.2) is 0 Å². The largest absolute Gasteiger partial charge is 0.379 e. The molecule has 0 aliphatic carbocycles. The van der Waals surface area contributed by atoms with Crippen molar-refractivity contribution in [3.05, 3.63) is 35.6 Å². The summed E-state index contributed by atoms with van der Waals surface area (Å²) < 4.78 is 19.1. The quantitative estimate of drug-likeness (QED) is 0.852. The van der Waals surface area contributed by atoms with Crippen LogP contribution in [-0.2, 0) is 9.53 Å². The summed E-state index contributed by atoms with van der Waals surface area (Å²) in [6.45, 7) is 5.75. The van der Waals surface area contributed by atoms with Crippen molar-refractivity contribution in [1.82, 2.24) is 15.1 Å². The molecule has 1 aromatic carbocycles. The van der Waals surface area contributed by atoms with E-state index in [9.17, 15) is 14.0 Å². The van der Waals surface area contributed by atoms with Crippen molar-refractivity contribution in [2.45, 2.75) is 12.8 Å². The van der Waals surface area contributed by atoms with Crippen LogP contribution in [0.25, 0.3) is 0 Å². The van der Waals surface area contributed by atoms with Crippen LogP contribution in [-0.4, -0.2) is 74.1 Å². The number of ether oxygens (including phenoxy) is 1. The van der Waals surface area contributed by atoms with Crippen molar-refractivity contribution in [2.24, 2.45) is 5.92 Å². The number of carbonyl (C=O) groups excluding carboxylic acids is 2. The van der Waals surface area contributed by atoms with Gasteiger partial charge < -0.3 is 15.0 Å². The summed E-state index contributed by atoms with van der Waals surface area (Å²) in [6, 6.07) is 6.02. The topological polar surface area (TPSA) is 61.9 Å². The van der Waals surface area contributed by atoms with E-state index in [1.807, 2.05) is 0 Å². The molecule has 0 aromatic heterocycles. The second-order valence-corrected chi connectivity index (χ2v) is 6.79. The minimum absolute atomic E-state index is 0.0521. The van der Waals surface area contributed by atoms with Gasteiger partial charge >= 0.3 is 0 Å². The third-order valence-corrected chi connectivity index (χ3v) is 5.09. The number of piperidine rings is 1. The Morgan fingerprint density at radius 1 is 1.12 bits per heavy atom. The molecule has 7 heteroatoms. The standard InChI is InChI=1S/C19H26FN3O3/c20-17-4-2-1-3-16(17)19(25)23-8-5-15(6-9-23)18(24)21-7-10-22-11-13-26-14-12-22/h1-4,15H,5-14H2,(H,21,24). The van der Waals surface area contributed by atoms with Crippen LogP contribution in [0.15, 0.2) is 24.3 Å². The van der Waals surface area contributed by atoms with Gasteiger partial charge in [0.1, 0.15) is 5.82 Å². The molecule has 1 aromatic rings. The molecule has 0 bridgehead atoms. The summed E-state index contributed by atoms with van der Waals surface area (Å²) >= 11 is 0. The third kappa shape index (κ3) is 4.80. The van der Waals surface area contributed by atoms with E-state index in [1.54, 1.807) is 17.0 Å². The zero-order valence-electron chi connectivity index (χ0n) is 15.0. The normalized spacial score (nSPS) is 19.3. The molecule has 2 aliphatic heterocycles. The van der Waals surface area contributed by atoms with Crippen molar-refractivity contribution in [3.8, 4) is 0 Å². The van der Waals surface area contributed by atoms with Gasteiger partial charge in [0.05, 0.1) is 18.8 Å². The summed E-state index contributed by atoms with van der Waals surface area (Å²) in [6.07, 6.45) is 1.23. The number of nitrogens with one attached hydrogen (secondary N) is 1. The predicted molar refractivity (Wildman–Crippen MR) is 95.3 cm³/mol. The summed E-state index contributed by atoms with van der Waals surface area (Å²) in [7, 11) is 0. The molecule has 0 saturated carbocycles. The molecule has 2 aliphatic rings. The van der Waals surface area contributed by atoms with Crippen LogP contribution in [0.4, 0.5) is 4.39 Å². The number of nitrogens with zero attached hydrogens (tertiary/aromatic N) is 2. The highest BCUT2D eigenvalue weighted by Crippen LogP contribution is 2.20. The Balaban J connectivity index is 1.40. The molecule has 1 N–H and O–H groups in total. The monoisotopic (exact) mass is 363 g/mol. The van der Waals surface area contributed by atoms with Crippen molar-refractivity contribution in [1.29, 1.82) is 0 Å². The fourth-order valence-electron chi connectivity index (χ4n) is 3.46. The average molecular weight is 363 g/mol. The zero-order chi connectivity index (χ0) is 18.4. The lowest BCUT2D eigenvalue weighted by atomic mass is 9.95. The number of rotatable bonds is 5. The Morgan fingerprint density at radius 2 is 1.81 bits per heavy atom. The Hall–Kier alpha value is -1.99. The molecule has 26 heavy (non-hydrogen) atoms. The van der Waals surface area contributed by atoms with E-state index in [2.05, 4.69) is 10.2 Å². The van der Waals surface area contributed by atoms with Crippen LogP contribution >= 0.6 is 0 Å². The Labute approximate surface area is 153 Å². The Kier molecular flexibility index (Phi) is 6.57. The Bertz CT molecular complexity index is 626. The lowest BCUT2D eigenvalue weighted by Gasteiger charge is -2.32. The molecule has 3 rings (SSSR count). The van der Waals surface area contributed by atoms with Crippen LogP contribution in [0, 0.1) is 11.7 Å². The van der Waals surface area contributed by atoms with Crippen LogP contribution in [0.2, 0.25) is 0 Å². The smallest absolute Gasteiger partial charge is 0.256 e. The van der Waals surface area contributed by atoms with E-state index < -0.39 is 5.82 Å². The molecule has 6 nitrogen and oxygen atoms in total. The number of benzene rings is 1. The molecule has 142 valence electrons. The first-order valence-corrected chi connectivity index (χ1v) is 9.27. The lowest BCUT2D eigenvalue weighted by Crippen LogP contribution is -2.45. The van der Waals surface area contributed by atoms with E-state index >= 15 is 0 Å². The van der Waals surface area contributed by atoms with Gasteiger partial charge in [0.25, 0.3) is 5.91 Å². The van der Waals surface area contributed by atoms with Crippen LogP contribution in [0.5, 0.6) is 0 Å². The molecule has 0 atom stereocenters. The van der Waals surface area contributed by atoms with Gasteiger partial charge in [0.2, 0.25) is 5.91 Å². The van der Waals surface area contributed by atoms with Crippen molar-refractivity contribution >= 4 is 11.8 Å². The lowest BCUT2D eigenvalue weighted by molar-refractivity contribution is -0.126. The molecule has 2 fully saturated rings. The third-order valence-electron chi connectivity index (χ3n) is 5.09. The number of likely N-dealkylation sites (tertiary alicyclic amines) is 1. The molecule has 2 heterocycles. The maximum absolute atomic E-state index is 13.8.